The molecule has 0 bridgehead atoms. The Hall–Kier alpha value is -2.06. The minimum absolute atomic E-state index is 0.00393. The van der Waals surface area contributed by atoms with Crippen LogP contribution in [0.3, 0.4) is 0 Å². The third-order valence-corrected chi connectivity index (χ3v) is 3.97. The molecule has 0 saturated carbocycles. The monoisotopic (exact) mass is 435 g/mol. The molecule has 0 saturated heterocycles. The number of carbonyl (C=O) groups excluding carboxylic acids is 1. The number of rotatable bonds is 4. The van der Waals surface area contributed by atoms with Crippen molar-refractivity contribution in [1.29, 1.82) is 0 Å². The van der Waals surface area contributed by atoms with Crippen LogP contribution in [0.25, 0.3) is 11.4 Å². The SMILES string of the molecule is O=C(Cn1nnc(-c2ccc(Br)cc2)n1)Nc1cccc(Br)c1. The highest BCUT2D eigenvalue weighted by Gasteiger charge is 2.09. The zero-order valence-electron chi connectivity index (χ0n) is 11.8. The van der Waals surface area contributed by atoms with Crippen LogP contribution in [0.15, 0.2) is 57.5 Å². The third kappa shape index (κ3) is 4.23. The zero-order chi connectivity index (χ0) is 16.2. The molecule has 0 aliphatic heterocycles. The molecule has 1 N–H and O–H groups in total. The minimum Gasteiger partial charge on any atom is -0.324 e. The van der Waals surface area contributed by atoms with Gasteiger partial charge in [-0.3, -0.25) is 4.79 Å². The second-order valence-corrected chi connectivity index (χ2v) is 6.54. The van der Waals surface area contributed by atoms with Crippen molar-refractivity contribution in [2.45, 2.75) is 6.54 Å². The maximum absolute atomic E-state index is 12.0. The van der Waals surface area contributed by atoms with E-state index in [1.807, 2.05) is 48.5 Å². The van der Waals surface area contributed by atoms with Crippen LogP contribution in [0, 0.1) is 0 Å². The number of nitrogens with one attached hydrogen (secondary N) is 1. The van der Waals surface area contributed by atoms with Crippen LogP contribution < -0.4 is 5.32 Å². The first kappa shape index (κ1) is 15.8. The van der Waals surface area contributed by atoms with Gasteiger partial charge in [-0.1, -0.05) is 37.9 Å². The van der Waals surface area contributed by atoms with Gasteiger partial charge in [-0.05, 0) is 47.7 Å². The summed E-state index contributed by atoms with van der Waals surface area (Å²) in [4.78, 5) is 13.3. The number of tetrazole rings is 1. The minimum atomic E-state index is -0.220. The summed E-state index contributed by atoms with van der Waals surface area (Å²) < 4.78 is 1.87. The number of hydrogen-bond donors (Lipinski definition) is 1. The first-order chi connectivity index (χ1) is 11.1. The Bertz CT molecular complexity index is 832. The molecule has 3 rings (SSSR count). The van der Waals surface area contributed by atoms with Crippen LogP contribution in [0.2, 0.25) is 0 Å². The Labute approximate surface area is 149 Å². The molecule has 23 heavy (non-hydrogen) atoms. The smallest absolute Gasteiger partial charge is 0.248 e. The average molecular weight is 437 g/mol. The Balaban J connectivity index is 1.66. The fourth-order valence-electron chi connectivity index (χ4n) is 1.92. The van der Waals surface area contributed by atoms with Crippen molar-refractivity contribution < 1.29 is 4.79 Å². The molecule has 1 amide bonds. The van der Waals surface area contributed by atoms with E-state index in [0.717, 1.165) is 14.5 Å². The molecule has 2 aromatic carbocycles. The van der Waals surface area contributed by atoms with Crippen LogP contribution in [-0.2, 0) is 11.3 Å². The number of amides is 1. The molecule has 0 radical (unpaired) electrons. The number of aromatic nitrogens is 4. The highest BCUT2D eigenvalue weighted by Crippen LogP contribution is 2.18. The summed E-state index contributed by atoms with van der Waals surface area (Å²) in [6, 6.07) is 14.9. The fraction of sp³-hybridized carbons (Fsp3) is 0.0667. The van der Waals surface area contributed by atoms with Crippen LogP contribution in [0.4, 0.5) is 5.69 Å². The normalized spacial score (nSPS) is 10.5. The Morgan fingerprint density at radius 2 is 1.87 bits per heavy atom. The highest BCUT2D eigenvalue weighted by molar-refractivity contribution is 9.10. The third-order valence-electron chi connectivity index (χ3n) is 2.95. The van der Waals surface area contributed by atoms with Gasteiger partial charge in [0.05, 0.1) is 0 Å². The average Bonchev–Trinajstić information content (AvgIpc) is 2.96. The quantitative estimate of drug-likeness (QED) is 0.679. The summed E-state index contributed by atoms with van der Waals surface area (Å²) in [7, 11) is 0. The van der Waals surface area contributed by atoms with Gasteiger partial charge >= 0.3 is 0 Å². The number of hydrogen-bond acceptors (Lipinski definition) is 4. The van der Waals surface area contributed by atoms with Crippen molar-refractivity contribution in [3.63, 3.8) is 0 Å². The molecule has 0 unspecified atom stereocenters. The van der Waals surface area contributed by atoms with Crippen LogP contribution in [-0.4, -0.2) is 26.1 Å². The van der Waals surface area contributed by atoms with Crippen LogP contribution in [0.1, 0.15) is 0 Å². The van der Waals surface area contributed by atoms with Gasteiger partial charge in [-0.25, -0.2) is 0 Å². The van der Waals surface area contributed by atoms with Gasteiger partial charge in [-0.15, -0.1) is 10.2 Å². The molecule has 1 heterocycles. The number of carbonyl (C=O) groups is 1. The van der Waals surface area contributed by atoms with E-state index in [0.29, 0.717) is 11.5 Å². The van der Waals surface area contributed by atoms with Gasteiger partial charge in [0.2, 0.25) is 11.7 Å². The summed E-state index contributed by atoms with van der Waals surface area (Å²) in [6.45, 7) is -0.00393. The lowest BCUT2D eigenvalue weighted by Gasteiger charge is -2.04. The summed E-state index contributed by atoms with van der Waals surface area (Å²) in [5.74, 6) is 0.260. The van der Waals surface area contributed by atoms with Crippen molar-refractivity contribution in [3.8, 4) is 11.4 Å². The van der Waals surface area contributed by atoms with E-state index in [9.17, 15) is 4.79 Å². The van der Waals surface area contributed by atoms with E-state index < -0.39 is 0 Å². The van der Waals surface area contributed by atoms with E-state index in [-0.39, 0.29) is 12.5 Å². The molecule has 6 nitrogen and oxygen atoms in total. The molecule has 1 aromatic heterocycles. The van der Waals surface area contributed by atoms with Gasteiger partial charge in [-0.2, -0.15) is 4.80 Å². The molecule has 116 valence electrons. The van der Waals surface area contributed by atoms with E-state index in [1.165, 1.54) is 4.80 Å². The summed E-state index contributed by atoms with van der Waals surface area (Å²) in [5, 5.41) is 14.9. The van der Waals surface area contributed by atoms with E-state index in [2.05, 4.69) is 52.6 Å². The Morgan fingerprint density at radius 3 is 2.61 bits per heavy atom. The van der Waals surface area contributed by atoms with Crippen molar-refractivity contribution >= 4 is 43.5 Å². The Kier molecular flexibility index (Phi) is 4.82. The molecular weight excluding hydrogens is 426 g/mol. The molecule has 8 heteroatoms. The van der Waals surface area contributed by atoms with E-state index in [4.69, 9.17) is 0 Å². The van der Waals surface area contributed by atoms with Gasteiger partial charge in [0.1, 0.15) is 6.54 Å². The molecule has 0 fully saturated rings. The Morgan fingerprint density at radius 1 is 1.09 bits per heavy atom. The highest BCUT2D eigenvalue weighted by atomic mass is 79.9. The van der Waals surface area contributed by atoms with Crippen molar-refractivity contribution in [3.05, 3.63) is 57.5 Å². The largest absolute Gasteiger partial charge is 0.324 e. The predicted molar refractivity (Wildman–Crippen MR) is 93.7 cm³/mol. The van der Waals surface area contributed by atoms with Crippen molar-refractivity contribution in [2.24, 2.45) is 0 Å². The first-order valence-electron chi connectivity index (χ1n) is 6.69. The van der Waals surface area contributed by atoms with Gasteiger partial charge in [0.25, 0.3) is 0 Å². The number of anilines is 1. The lowest BCUT2D eigenvalue weighted by atomic mass is 10.2. The first-order valence-corrected chi connectivity index (χ1v) is 8.28. The van der Waals surface area contributed by atoms with Gasteiger partial charge in [0.15, 0.2) is 0 Å². The molecule has 0 aliphatic rings. The fourth-order valence-corrected chi connectivity index (χ4v) is 2.58. The number of nitrogens with zero attached hydrogens (tertiary/aromatic N) is 4. The zero-order valence-corrected chi connectivity index (χ0v) is 15.0. The lowest BCUT2D eigenvalue weighted by molar-refractivity contribution is -0.117. The number of benzene rings is 2. The molecule has 0 spiro atoms. The second kappa shape index (κ2) is 7.01. The summed E-state index contributed by atoms with van der Waals surface area (Å²) >= 11 is 6.73. The predicted octanol–water partition coefficient (Wildman–Crippen LogP) is 3.50. The van der Waals surface area contributed by atoms with Crippen molar-refractivity contribution in [2.75, 3.05) is 5.32 Å². The maximum Gasteiger partial charge on any atom is 0.248 e. The van der Waals surface area contributed by atoms with E-state index in [1.54, 1.807) is 0 Å². The standard InChI is InChI=1S/C15H11Br2N5O/c16-11-6-4-10(5-7-11)15-19-21-22(20-15)9-14(23)18-13-3-1-2-12(17)8-13/h1-8H,9H2,(H,18,23). The summed E-state index contributed by atoms with van der Waals surface area (Å²) in [6.07, 6.45) is 0. The number of halogens is 2. The molecule has 3 aromatic rings. The van der Waals surface area contributed by atoms with Crippen molar-refractivity contribution in [1.82, 2.24) is 20.2 Å². The van der Waals surface area contributed by atoms with Gasteiger partial charge < -0.3 is 5.32 Å². The molecule has 0 atom stereocenters. The van der Waals surface area contributed by atoms with Crippen LogP contribution >= 0.6 is 31.9 Å². The maximum atomic E-state index is 12.0. The topological polar surface area (TPSA) is 72.7 Å². The van der Waals surface area contributed by atoms with Crippen LogP contribution in [0.5, 0.6) is 0 Å². The van der Waals surface area contributed by atoms with E-state index >= 15 is 0 Å². The molecule has 0 aliphatic carbocycles. The summed E-state index contributed by atoms with van der Waals surface area (Å²) in [5.41, 5.74) is 1.55. The second-order valence-electron chi connectivity index (χ2n) is 4.71. The molecular formula is C15H11Br2N5O. The van der Waals surface area contributed by atoms with Gasteiger partial charge in [0, 0.05) is 20.2 Å². The lowest BCUT2D eigenvalue weighted by Crippen LogP contribution is -2.20.